The van der Waals surface area contributed by atoms with Gasteiger partial charge in [0.2, 0.25) is 11.8 Å². The molecule has 0 aliphatic rings. The molecule has 8 heteroatoms. The van der Waals surface area contributed by atoms with Gasteiger partial charge in [0.1, 0.15) is 17.7 Å². The van der Waals surface area contributed by atoms with Gasteiger partial charge in [-0.2, -0.15) is 0 Å². The van der Waals surface area contributed by atoms with E-state index >= 15 is 0 Å². The monoisotopic (exact) mass is 435 g/mol. The Labute approximate surface area is 185 Å². The van der Waals surface area contributed by atoms with Crippen LogP contribution in [-0.2, 0) is 14.3 Å². The van der Waals surface area contributed by atoms with Crippen LogP contribution in [0.1, 0.15) is 65.6 Å². The summed E-state index contributed by atoms with van der Waals surface area (Å²) in [6, 6.07) is 5.35. The lowest BCUT2D eigenvalue weighted by Gasteiger charge is -2.35. The van der Waals surface area contributed by atoms with Crippen LogP contribution in [0, 0.1) is 6.92 Å². The molecule has 8 nitrogen and oxygen atoms in total. The maximum Gasteiger partial charge on any atom is 0.408 e. The van der Waals surface area contributed by atoms with Crippen molar-refractivity contribution < 1.29 is 24.2 Å². The summed E-state index contributed by atoms with van der Waals surface area (Å²) >= 11 is 0. The summed E-state index contributed by atoms with van der Waals surface area (Å²) in [5, 5.41) is 15.0. The molecule has 0 aliphatic carbocycles. The van der Waals surface area contributed by atoms with E-state index in [1.165, 1.54) is 11.8 Å². The summed E-state index contributed by atoms with van der Waals surface area (Å²) < 4.78 is 5.22. The van der Waals surface area contributed by atoms with E-state index in [9.17, 15) is 19.5 Å². The summed E-state index contributed by atoms with van der Waals surface area (Å²) in [6.45, 7) is 13.8. The summed E-state index contributed by atoms with van der Waals surface area (Å²) in [7, 11) is 0. The molecular weight excluding hydrogens is 398 g/mol. The fraction of sp³-hybridized carbons (Fsp3) is 0.609. The maximum atomic E-state index is 13.3. The Bertz CT molecular complexity index is 763. The lowest BCUT2D eigenvalue weighted by atomic mass is 10.00. The number of hydrogen-bond acceptors (Lipinski definition) is 5. The first kappa shape index (κ1) is 26.4. The molecule has 0 heterocycles. The number of nitrogens with zero attached hydrogens (tertiary/aromatic N) is 1. The highest BCUT2D eigenvalue weighted by Gasteiger charge is 2.35. The fourth-order valence-corrected chi connectivity index (χ4v) is 2.93. The normalized spacial score (nSPS) is 13.7. The number of carbonyl (C=O) groups excluding carboxylic acids is 3. The predicted octanol–water partition coefficient (Wildman–Crippen LogP) is 2.68. The SMILES string of the molecule is Cc1ccc(C(C(=O)NC(C)(C)C)N(CCO)C(=O)C(C)NC(=O)OC(C)(C)C)cc1. The summed E-state index contributed by atoms with van der Waals surface area (Å²) in [5.74, 6) is -0.878. The van der Waals surface area contributed by atoms with Crippen molar-refractivity contribution in [1.29, 1.82) is 0 Å². The first-order valence-corrected chi connectivity index (χ1v) is 10.4. The highest BCUT2D eigenvalue weighted by Crippen LogP contribution is 2.24. The average molecular weight is 436 g/mol. The zero-order valence-corrected chi connectivity index (χ0v) is 19.9. The van der Waals surface area contributed by atoms with Gasteiger partial charge in [-0.1, -0.05) is 29.8 Å². The third-order valence-corrected chi connectivity index (χ3v) is 4.18. The van der Waals surface area contributed by atoms with Crippen molar-refractivity contribution in [2.45, 2.75) is 78.6 Å². The number of nitrogens with one attached hydrogen (secondary N) is 2. The third kappa shape index (κ3) is 8.96. The standard InChI is InChI=1S/C23H37N3O5/c1-15-9-11-17(12-10-15)18(19(28)25-22(3,4)5)26(13-14-27)20(29)16(2)24-21(30)31-23(6,7)8/h9-12,16,18,27H,13-14H2,1-8H3,(H,24,30)(H,25,28). The molecule has 0 aliphatic heterocycles. The number of carbonyl (C=O) groups is 3. The van der Waals surface area contributed by atoms with Gasteiger partial charge in [-0.3, -0.25) is 9.59 Å². The Balaban J connectivity index is 3.25. The Hall–Kier alpha value is -2.61. The van der Waals surface area contributed by atoms with Crippen molar-refractivity contribution in [2.24, 2.45) is 0 Å². The van der Waals surface area contributed by atoms with Gasteiger partial charge >= 0.3 is 6.09 Å². The molecular formula is C23H37N3O5. The van der Waals surface area contributed by atoms with E-state index in [4.69, 9.17) is 4.74 Å². The molecule has 0 bridgehead atoms. The van der Waals surface area contributed by atoms with E-state index in [0.717, 1.165) is 5.56 Å². The van der Waals surface area contributed by atoms with Gasteiger partial charge in [-0.15, -0.1) is 0 Å². The van der Waals surface area contributed by atoms with Gasteiger partial charge in [0.25, 0.3) is 0 Å². The lowest BCUT2D eigenvalue weighted by molar-refractivity contribution is -0.143. The number of aryl methyl sites for hydroxylation is 1. The third-order valence-electron chi connectivity index (χ3n) is 4.18. The van der Waals surface area contributed by atoms with E-state index in [-0.39, 0.29) is 19.1 Å². The molecule has 0 saturated heterocycles. The van der Waals surface area contributed by atoms with E-state index in [0.29, 0.717) is 5.56 Å². The minimum Gasteiger partial charge on any atom is -0.444 e. The number of ether oxygens (including phenoxy) is 1. The zero-order valence-electron chi connectivity index (χ0n) is 19.9. The zero-order chi connectivity index (χ0) is 24.0. The minimum absolute atomic E-state index is 0.0741. The second-order valence-corrected chi connectivity index (χ2v) is 9.68. The predicted molar refractivity (Wildman–Crippen MR) is 119 cm³/mol. The average Bonchev–Trinajstić information content (AvgIpc) is 2.59. The second-order valence-electron chi connectivity index (χ2n) is 9.68. The molecule has 0 aromatic heterocycles. The van der Waals surface area contributed by atoms with Crippen molar-refractivity contribution in [1.82, 2.24) is 15.5 Å². The van der Waals surface area contributed by atoms with Gasteiger partial charge in [0.15, 0.2) is 0 Å². The van der Waals surface area contributed by atoms with Crippen LogP contribution >= 0.6 is 0 Å². The van der Waals surface area contributed by atoms with Crippen LogP contribution in [-0.4, -0.2) is 58.2 Å². The summed E-state index contributed by atoms with van der Waals surface area (Å²) in [4.78, 5) is 39.9. The van der Waals surface area contributed by atoms with E-state index in [1.807, 2.05) is 39.8 Å². The van der Waals surface area contributed by atoms with Gasteiger partial charge in [-0.05, 0) is 61.0 Å². The van der Waals surface area contributed by atoms with Crippen molar-refractivity contribution in [3.63, 3.8) is 0 Å². The van der Waals surface area contributed by atoms with Gasteiger partial charge in [0, 0.05) is 12.1 Å². The lowest BCUT2D eigenvalue weighted by Crippen LogP contribution is -2.54. The highest BCUT2D eigenvalue weighted by molar-refractivity contribution is 5.92. The molecule has 0 fully saturated rings. The first-order valence-electron chi connectivity index (χ1n) is 10.4. The van der Waals surface area contributed by atoms with Crippen molar-refractivity contribution in [3.8, 4) is 0 Å². The van der Waals surface area contributed by atoms with E-state index < -0.39 is 35.2 Å². The molecule has 0 saturated carbocycles. The second kappa shape index (κ2) is 10.6. The van der Waals surface area contributed by atoms with Gasteiger partial charge in [-0.25, -0.2) is 4.79 Å². The number of aliphatic hydroxyl groups is 1. The Morgan fingerprint density at radius 1 is 1.06 bits per heavy atom. The quantitative estimate of drug-likeness (QED) is 0.610. The number of amides is 3. The van der Waals surface area contributed by atoms with Gasteiger partial charge < -0.3 is 25.4 Å². The molecule has 3 amide bonds. The maximum absolute atomic E-state index is 13.3. The molecule has 0 spiro atoms. The number of benzene rings is 1. The first-order chi connectivity index (χ1) is 14.1. The molecule has 1 aromatic carbocycles. The van der Waals surface area contributed by atoms with Crippen LogP contribution in [0.5, 0.6) is 0 Å². The number of hydrogen-bond donors (Lipinski definition) is 3. The molecule has 1 rings (SSSR count). The van der Waals surface area contributed by atoms with E-state index in [2.05, 4.69) is 10.6 Å². The number of alkyl carbamates (subject to hydrolysis) is 1. The van der Waals surface area contributed by atoms with Gasteiger partial charge in [0.05, 0.1) is 6.61 Å². The fourth-order valence-electron chi connectivity index (χ4n) is 2.93. The molecule has 2 unspecified atom stereocenters. The largest absolute Gasteiger partial charge is 0.444 e. The highest BCUT2D eigenvalue weighted by atomic mass is 16.6. The molecule has 3 N–H and O–H groups in total. The van der Waals surface area contributed by atoms with Crippen LogP contribution in [0.15, 0.2) is 24.3 Å². The van der Waals surface area contributed by atoms with Crippen LogP contribution in [0.25, 0.3) is 0 Å². The summed E-state index contributed by atoms with van der Waals surface area (Å²) in [5.41, 5.74) is 0.389. The van der Waals surface area contributed by atoms with E-state index in [1.54, 1.807) is 32.9 Å². The van der Waals surface area contributed by atoms with Crippen LogP contribution < -0.4 is 10.6 Å². The van der Waals surface area contributed by atoms with Crippen LogP contribution in [0.4, 0.5) is 4.79 Å². The number of aliphatic hydroxyl groups excluding tert-OH is 1. The minimum atomic E-state index is -0.970. The Kier molecular flexibility index (Phi) is 9.05. The number of rotatable bonds is 7. The smallest absolute Gasteiger partial charge is 0.408 e. The Morgan fingerprint density at radius 2 is 1.61 bits per heavy atom. The molecule has 174 valence electrons. The van der Waals surface area contributed by atoms with Crippen LogP contribution in [0.2, 0.25) is 0 Å². The van der Waals surface area contributed by atoms with Crippen molar-refractivity contribution >= 4 is 17.9 Å². The van der Waals surface area contributed by atoms with Crippen LogP contribution in [0.3, 0.4) is 0 Å². The molecule has 1 aromatic rings. The topological polar surface area (TPSA) is 108 Å². The Morgan fingerprint density at radius 3 is 2.06 bits per heavy atom. The molecule has 2 atom stereocenters. The summed E-state index contributed by atoms with van der Waals surface area (Å²) in [6.07, 6.45) is -0.733. The molecule has 0 radical (unpaired) electrons. The molecule has 31 heavy (non-hydrogen) atoms. The van der Waals surface area contributed by atoms with Crippen molar-refractivity contribution in [3.05, 3.63) is 35.4 Å². The van der Waals surface area contributed by atoms with Crippen molar-refractivity contribution in [2.75, 3.05) is 13.2 Å².